The normalized spacial score (nSPS) is 12.5. The van der Waals surface area contributed by atoms with Gasteiger partial charge in [-0.25, -0.2) is 15.0 Å². The Kier molecular flexibility index (Phi) is 8.04. The van der Waals surface area contributed by atoms with E-state index in [4.69, 9.17) is 15.0 Å². The second-order valence-corrected chi connectivity index (χ2v) is 14.0. The Morgan fingerprint density at radius 2 is 0.691 bits per heavy atom. The van der Waals surface area contributed by atoms with Crippen LogP contribution in [0.15, 0.2) is 212 Å². The Bertz CT molecular complexity index is 2740. The fraction of sp³-hybridized carbons (Fsp3) is 0.0192. The molecule has 1 aliphatic rings. The molecule has 0 amide bonds. The second-order valence-electron chi connectivity index (χ2n) is 14.0. The minimum Gasteiger partial charge on any atom is -0.208 e. The molecule has 10 rings (SSSR count). The standard InChI is InChI=1S/C52H35N3/c1-5-17-36(18-6-1)38-31-33-39(34-32-38)49-53-50(41-22-15-21-40(35-41)37-19-7-2-8-20-37)55-51(54-49)45-28-16-30-47-48(45)44-27-13-14-29-46(44)52(47,42-23-9-3-10-24-42)43-25-11-4-12-26-43/h1-35H. The lowest BCUT2D eigenvalue weighted by atomic mass is 9.67. The average Bonchev–Trinajstić information content (AvgIpc) is 3.59. The quantitative estimate of drug-likeness (QED) is 0.166. The van der Waals surface area contributed by atoms with E-state index in [0.29, 0.717) is 17.5 Å². The molecule has 0 saturated heterocycles. The third kappa shape index (κ3) is 5.57. The summed E-state index contributed by atoms with van der Waals surface area (Å²) in [4.78, 5) is 15.8. The molecule has 0 bridgehead atoms. The van der Waals surface area contributed by atoms with Gasteiger partial charge in [-0.15, -0.1) is 0 Å². The van der Waals surface area contributed by atoms with Gasteiger partial charge >= 0.3 is 0 Å². The number of benzene rings is 8. The van der Waals surface area contributed by atoms with Gasteiger partial charge in [-0.05, 0) is 61.7 Å². The molecule has 0 radical (unpaired) electrons. The molecule has 0 aliphatic heterocycles. The molecule has 0 N–H and O–H groups in total. The lowest BCUT2D eigenvalue weighted by molar-refractivity contribution is 0.768. The molecule has 1 heterocycles. The number of nitrogens with zero attached hydrogens (tertiary/aromatic N) is 3. The lowest BCUT2D eigenvalue weighted by Crippen LogP contribution is -2.28. The summed E-state index contributed by atoms with van der Waals surface area (Å²) in [5, 5.41) is 0. The molecule has 8 aromatic carbocycles. The molecular weight excluding hydrogens is 667 g/mol. The molecular formula is C52H35N3. The maximum Gasteiger partial charge on any atom is 0.164 e. The first-order valence-corrected chi connectivity index (χ1v) is 18.7. The monoisotopic (exact) mass is 701 g/mol. The van der Waals surface area contributed by atoms with Gasteiger partial charge in [0.25, 0.3) is 0 Å². The number of hydrogen-bond donors (Lipinski definition) is 0. The number of fused-ring (bicyclic) bond motifs is 3. The summed E-state index contributed by atoms with van der Waals surface area (Å²) in [5.41, 5.74) is 14.1. The Morgan fingerprint density at radius 3 is 1.35 bits per heavy atom. The van der Waals surface area contributed by atoms with E-state index >= 15 is 0 Å². The van der Waals surface area contributed by atoms with E-state index in [2.05, 4.69) is 200 Å². The largest absolute Gasteiger partial charge is 0.208 e. The SMILES string of the molecule is c1ccc(-c2ccc(-c3nc(-c4cccc(-c5ccccc5)c4)nc(-c4cccc5c4-c4ccccc4C5(c4ccccc4)c4ccccc4)n3)cc2)cc1. The van der Waals surface area contributed by atoms with Gasteiger partial charge in [0.1, 0.15) is 0 Å². The van der Waals surface area contributed by atoms with Crippen molar-refractivity contribution in [3.05, 3.63) is 235 Å². The summed E-state index contributed by atoms with van der Waals surface area (Å²) in [7, 11) is 0. The van der Waals surface area contributed by atoms with Gasteiger partial charge in [-0.1, -0.05) is 206 Å². The van der Waals surface area contributed by atoms with Crippen LogP contribution in [0.3, 0.4) is 0 Å². The number of aromatic nitrogens is 3. The van der Waals surface area contributed by atoms with Gasteiger partial charge in [-0.3, -0.25) is 0 Å². The zero-order chi connectivity index (χ0) is 36.6. The summed E-state index contributed by atoms with van der Waals surface area (Å²) in [6.07, 6.45) is 0. The maximum absolute atomic E-state index is 5.32. The molecule has 0 fully saturated rings. The van der Waals surface area contributed by atoms with Crippen LogP contribution < -0.4 is 0 Å². The Labute approximate surface area is 321 Å². The molecule has 9 aromatic rings. The van der Waals surface area contributed by atoms with Crippen molar-refractivity contribution in [3.63, 3.8) is 0 Å². The van der Waals surface area contributed by atoms with E-state index in [1.807, 2.05) is 12.1 Å². The topological polar surface area (TPSA) is 38.7 Å². The fourth-order valence-electron chi connectivity index (χ4n) is 8.34. The molecule has 55 heavy (non-hydrogen) atoms. The Balaban J connectivity index is 1.21. The predicted molar refractivity (Wildman–Crippen MR) is 224 cm³/mol. The van der Waals surface area contributed by atoms with E-state index < -0.39 is 5.41 Å². The van der Waals surface area contributed by atoms with Crippen molar-refractivity contribution in [1.29, 1.82) is 0 Å². The van der Waals surface area contributed by atoms with Crippen molar-refractivity contribution in [2.45, 2.75) is 5.41 Å². The van der Waals surface area contributed by atoms with Gasteiger partial charge in [0.2, 0.25) is 0 Å². The highest BCUT2D eigenvalue weighted by atomic mass is 15.0. The number of rotatable bonds is 7. The van der Waals surface area contributed by atoms with Crippen LogP contribution >= 0.6 is 0 Å². The predicted octanol–water partition coefficient (Wildman–Crippen LogP) is 12.6. The van der Waals surface area contributed by atoms with Gasteiger partial charge in [0.15, 0.2) is 17.5 Å². The first-order chi connectivity index (χ1) is 27.3. The van der Waals surface area contributed by atoms with Crippen molar-refractivity contribution in [2.24, 2.45) is 0 Å². The summed E-state index contributed by atoms with van der Waals surface area (Å²) in [6, 6.07) is 75.1. The van der Waals surface area contributed by atoms with Crippen LogP contribution in [0.5, 0.6) is 0 Å². The third-order valence-electron chi connectivity index (χ3n) is 10.8. The van der Waals surface area contributed by atoms with Crippen LogP contribution in [0.2, 0.25) is 0 Å². The van der Waals surface area contributed by atoms with Crippen molar-refractivity contribution in [1.82, 2.24) is 15.0 Å². The van der Waals surface area contributed by atoms with Gasteiger partial charge < -0.3 is 0 Å². The van der Waals surface area contributed by atoms with E-state index in [-0.39, 0.29) is 0 Å². The molecule has 3 heteroatoms. The van der Waals surface area contributed by atoms with E-state index in [1.54, 1.807) is 0 Å². The zero-order valence-corrected chi connectivity index (χ0v) is 30.0. The van der Waals surface area contributed by atoms with Gasteiger partial charge in [0, 0.05) is 16.7 Å². The number of hydrogen-bond acceptors (Lipinski definition) is 3. The van der Waals surface area contributed by atoms with E-state index in [0.717, 1.165) is 38.9 Å². The molecule has 1 aromatic heterocycles. The molecule has 0 unspecified atom stereocenters. The Morgan fingerprint density at radius 1 is 0.273 bits per heavy atom. The van der Waals surface area contributed by atoms with Crippen LogP contribution in [-0.2, 0) is 5.41 Å². The smallest absolute Gasteiger partial charge is 0.164 e. The van der Waals surface area contributed by atoms with E-state index in [9.17, 15) is 0 Å². The first kappa shape index (κ1) is 32.4. The maximum atomic E-state index is 5.32. The zero-order valence-electron chi connectivity index (χ0n) is 30.0. The molecule has 3 nitrogen and oxygen atoms in total. The Hall–Kier alpha value is -7.23. The molecule has 258 valence electrons. The van der Waals surface area contributed by atoms with Crippen LogP contribution in [0.25, 0.3) is 67.5 Å². The second kappa shape index (κ2) is 13.6. The van der Waals surface area contributed by atoms with Crippen molar-refractivity contribution in [3.8, 4) is 67.5 Å². The van der Waals surface area contributed by atoms with Crippen LogP contribution in [0, 0.1) is 0 Å². The molecule has 0 spiro atoms. The van der Waals surface area contributed by atoms with Crippen LogP contribution in [0.4, 0.5) is 0 Å². The highest BCUT2D eigenvalue weighted by Crippen LogP contribution is 2.58. The van der Waals surface area contributed by atoms with Crippen LogP contribution in [0.1, 0.15) is 22.3 Å². The minimum atomic E-state index is -0.527. The fourth-order valence-corrected chi connectivity index (χ4v) is 8.34. The van der Waals surface area contributed by atoms with E-state index in [1.165, 1.54) is 33.4 Å². The summed E-state index contributed by atoms with van der Waals surface area (Å²) < 4.78 is 0. The minimum absolute atomic E-state index is 0.527. The summed E-state index contributed by atoms with van der Waals surface area (Å²) in [6.45, 7) is 0. The molecule has 0 saturated carbocycles. The van der Waals surface area contributed by atoms with Crippen molar-refractivity contribution >= 4 is 0 Å². The van der Waals surface area contributed by atoms with Crippen LogP contribution in [-0.4, -0.2) is 15.0 Å². The molecule has 1 aliphatic carbocycles. The average molecular weight is 702 g/mol. The third-order valence-corrected chi connectivity index (χ3v) is 10.8. The summed E-state index contributed by atoms with van der Waals surface area (Å²) in [5.74, 6) is 1.90. The highest BCUT2D eigenvalue weighted by molar-refractivity contribution is 5.94. The first-order valence-electron chi connectivity index (χ1n) is 18.7. The molecule has 0 atom stereocenters. The van der Waals surface area contributed by atoms with Crippen molar-refractivity contribution in [2.75, 3.05) is 0 Å². The van der Waals surface area contributed by atoms with Gasteiger partial charge in [-0.2, -0.15) is 0 Å². The highest BCUT2D eigenvalue weighted by Gasteiger charge is 2.47. The van der Waals surface area contributed by atoms with Gasteiger partial charge in [0.05, 0.1) is 5.41 Å². The lowest BCUT2D eigenvalue weighted by Gasteiger charge is -2.33. The van der Waals surface area contributed by atoms with Crippen molar-refractivity contribution < 1.29 is 0 Å². The summed E-state index contributed by atoms with van der Waals surface area (Å²) >= 11 is 0.